The predicted molar refractivity (Wildman–Crippen MR) is 153 cm³/mol. The summed E-state index contributed by atoms with van der Waals surface area (Å²) in [4.78, 5) is 14.8. The van der Waals surface area contributed by atoms with Gasteiger partial charge in [-0.05, 0) is 56.8 Å². The Morgan fingerprint density at radius 2 is 1.95 bits per heavy atom. The van der Waals surface area contributed by atoms with Crippen LogP contribution in [-0.4, -0.2) is 57.6 Å². The molecule has 0 aliphatic heterocycles. The number of aromatic amines is 1. The zero-order valence-electron chi connectivity index (χ0n) is 22.6. The van der Waals surface area contributed by atoms with Gasteiger partial charge in [0.25, 0.3) is 0 Å². The van der Waals surface area contributed by atoms with E-state index in [0.717, 1.165) is 48.6 Å². The van der Waals surface area contributed by atoms with Gasteiger partial charge in [-0.25, -0.2) is 27.2 Å². The average Bonchev–Trinajstić information content (AvgIpc) is 3.27. The second kappa shape index (κ2) is 10.9. The number of rotatable bonds is 10. The fraction of sp³-hybridized carbons (Fsp3) is 0.385. The van der Waals surface area contributed by atoms with E-state index in [2.05, 4.69) is 29.7 Å². The van der Waals surface area contributed by atoms with Gasteiger partial charge in [-0.15, -0.1) is 9.24 Å². The van der Waals surface area contributed by atoms with Gasteiger partial charge in [-0.2, -0.15) is 10.1 Å². The molecule has 3 atom stereocenters. The lowest BCUT2D eigenvalue weighted by molar-refractivity contribution is 0.569. The number of hydrogen-bond acceptors (Lipinski definition) is 8. The molecule has 2 N–H and O–H groups in total. The fourth-order valence-corrected chi connectivity index (χ4v) is 5.88. The molecule has 0 bridgehead atoms. The average molecular weight is 589 g/mol. The summed E-state index contributed by atoms with van der Waals surface area (Å²) in [7, 11) is 0.381. The van der Waals surface area contributed by atoms with Crippen molar-refractivity contribution in [3.63, 3.8) is 0 Å². The quantitative estimate of drug-likeness (QED) is 0.250. The van der Waals surface area contributed by atoms with Gasteiger partial charge in [0.1, 0.15) is 22.9 Å². The number of aryl methyl sites for hydroxylation is 2. The number of sulfone groups is 1. The lowest BCUT2D eigenvalue weighted by Gasteiger charge is -2.22. The molecule has 3 aromatic heterocycles. The van der Waals surface area contributed by atoms with Crippen LogP contribution in [0.15, 0.2) is 35.6 Å². The number of benzene rings is 1. The third-order valence-electron chi connectivity index (χ3n) is 7.01. The van der Waals surface area contributed by atoms with Crippen LogP contribution in [0.4, 0.5) is 32.1 Å². The number of hydrogen-bond donors (Lipinski definition) is 2. The third kappa shape index (κ3) is 5.57. The zero-order chi connectivity index (χ0) is 28.8. The largest absolute Gasteiger partial charge is 0.337 e. The normalized spacial score (nSPS) is 16.8. The van der Waals surface area contributed by atoms with Crippen LogP contribution in [-0.2, 0) is 16.4 Å². The summed E-state index contributed by atoms with van der Waals surface area (Å²) in [6, 6.07) is 3.42. The highest BCUT2D eigenvalue weighted by molar-refractivity contribution is 7.90. The molecule has 0 amide bonds. The fourth-order valence-electron chi connectivity index (χ4n) is 4.82. The Morgan fingerprint density at radius 1 is 1.23 bits per heavy atom. The van der Waals surface area contributed by atoms with Crippen molar-refractivity contribution in [2.24, 2.45) is 5.92 Å². The Balaban J connectivity index is 1.69. The molecule has 5 rings (SSSR count). The van der Waals surface area contributed by atoms with E-state index in [9.17, 15) is 8.42 Å². The number of H-pyrrole nitrogens is 1. The minimum atomic E-state index is -3.82. The van der Waals surface area contributed by atoms with Crippen molar-refractivity contribution in [1.29, 1.82) is 0 Å². The molecule has 3 unspecified atom stereocenters. The van der Waals surface area contributed by atoms with Crippen molar-refractivity contribution < 1.29 is 17.2 Å². The van der Waals surface area contributed by atoms with Crippen molar-refractivity contribution in [3.8, 4) is 11.4 Å². The lowest BCUT2D eigenvalue weighted by atomic mass is 10.0. The molecule has 4 aromatic rings. The standard InChI is InChI=1S/C26H31F2N8O2PS/c1-5-36-12-20(29-13-36)23-22(17-9-15(17)6-7-39)25(30-21-8-14(2)33-34-21)32-26(31-23)35(3)24-18(27)10-16(11-19(24)28)40(4,37)38/h8,10-13,15,17H,5-7,9,39H2,1-4H3,(H2,30,31,32,33,34). The topological polar surface area (TPSA) is 122 Å². The number of aromatic nitrogens is 6. The molecule has 1 aliphatic rings. The van der Waals surface area contributed by atoms with Gasteiger partial charge in [-0.3, -0.25) is 5.10 Å². The minimum Gasteiger partial charge on any atom is -0.337 e. The number of imidazole rings is 1. The van der Waals surface area contributed by atoms with Gasteiger partial charge < -0.3 is 14.8 Å². The first-order valence-corrected chi connectivity index (χ1v) is 15.6. The van der Waals surface area contributed by atoms with E-state index in [1.165, 1.54) is 11.9 Å². The molecule has 3 heterocycles. The number of nitrogens with one attached hydrogen (secondary N) is 2. The smallest absolute Gasteiger partial charge is 0.232 e. The van der Waals surface area contributed by atoms with Crippen molar-refractivity contribution in [2.75, 3.05) is 29.7 Å². The monoisotopic (exact) mass is 588 g/mol. The second-order valence-electron chi connectivity index (χ2n) is 10.0. The van der Waals surface area contributed by atoms with Crippen LogP contribution >= 0.6 is 9.24 Å². The molecule has 0 saturated heterocycles. The van der Waals surface area contributed by atoms with Gasteiger partial charge >= 0.3 is 0 Å². The lowest BCUT2D eigenvalue weighted by Crippen LogP contribution is -2.19. The maximum Gasteiger partial charge on any atom is 0.232 e. The predicted octanol–water partition coefficient (Wildman–Crippen LogP) is 4.95. The summed E-state index contributed by atoms with van der Waals surface area (Å²) in [5, 5.41) is 10.5. The Bertz CT molecular complexity index is 1650. The molecule has 10 nitrogen and oxygen atoms in total. The van der Waals surface area contributed by atoms with Crippen LogP contribution in [0.1, 0.15) is 36.9 Å². The Kier molecular flexibility index (Phi) is 7.62. The van der Waals surface area contributed by atoms with Gasteiger partial charge in [0.15, 0.2) is 27.3 Å². The van der Waals surface area contributed by atoms with E-state index in [1.807, 2.05) is 30.7 Å². The maximum atomic E-state index is 15.2. The van der Waals surface area contributed by atoms with Crippen LogP contribution in [0.3, 0.4) is 0 Å². The summed E-state index contributed by atoms with van der Waals surface area (Å²) in [6.45, 7) is 4.59. The van der Waals surface area contributed by atoms with Crippen molar-refractivity contribution in [3.05, 3.63) is 53.6 Å². The third-order valence-corrected chi connectivity index (χ3v) is 8.44. The maximum absolute atomic E-state index is 15.2. The first kappa shape index (κ1) is 28.1. The highest BCUT2D eigenvalue weighted by Crippen LogP contribution is 2.54. The molecule has 1 aromatic carbocycles. The second-order valence-corrected chi connectivity index (χ2v) is 12.6. The molecule has 1 aliphatic carbocycles. The van der Waals surface area contributed by atoms with Crippen LogP contribution in [0.5, 0.6) is 0 Å². The summed E-state index contributed by atoms with van der Waals surface area (Å²) >= 11 is 0. The van der Waals surface area contributed by atoms with E-state index in [4.69, 9.17) is 9.97 Å². The SMILES string of the molecule is CCn1cnc(-c2nc(N(C)c3c(F)cc(S(C)(=O)=O)cc3F)nc(Nc3cc(C)[nH]n3)c2C2CC2CCP)c1. The highest BCUT2D eigenvalue weighted by Gasteiger charge is 2.42. The van der Waals surface area contributed by atoms with Crippen LogP contribution in [0.2, 0.25) is 0 Å². The molecular weight excluding hydrogens is 557 g/mol. The molecule has 0 spiro atoms. The molecule has 1 fully saturated rings. The van der Waals surface area contributed by atoms with Gasteiger partial charge in [0, 0.05) is 43.4 Å². The summed E-state index contributed by atoms with van der Waals surface area (Å²) < 4.78 is 56.2. The Labute approximate surface area is 233 Å². The van der Waals surface area contributed by atoms with Crippen LogP contribution in [0, 0.1) is 24.5 Å². The molecular formula is C26H31F2N8O2PS. The van der Waals surface area contributed by atoms with Crippen molar-refractivity contribution in [2.45, 2.75) is 44.0 Å². The summed E-state index contributed by atoms with van der Waals surface area (Å²) in [6.07, 6.45) is 7.43. The van der Waals surface area contributed by atoms with Crippen molar-refractivity contribution in [1.82, 2.24) is 29.7 Å². The van der Waals surface area contributed by atoms with Crippen molar-refractivity contribution >= 4 is 42.3 Å². The highest BCUT2D eigenvalue weighted by atomic mass is 32.2. The molecule has 14 heteroatoms. The van der Waals surface area contributed by atoms with Crippen LogP contribution in [0.25, 0.3) is 11.4 Å². The van der Waals surface area contributed by atoms with E-state index in [0.29, 0.717) is 35.5 Å². The number of nitrogens with zero attached hydrogens (tertiary/aromatic N) is 6. The van der Waals surface area contributed by atoms with E-state index in [1.54, 1.807) is 6.33 Å². The number of halogens is 2. The van der Waals surface area contributed by atoms with Crippen LogP contribution < -0.4 is 10.2 Å². The first-order valence-electron chi connectivity index (χ1n) is 12.9. The Hall–Kier alpha value is -3.44. The number of anilines is 4. The van der Waals surface area contributed by atoms with E-state index < -0.39 is 32.1 Å². The van der Waals surface area contributed by atoms with Gasteiger partial charge in [0.05, 0.1) is 11.2 Å². The van der Waals surface area contributed by atoms with E-state index in [-0.39, 0.29) is 11.9 Å². The molecule has 0 radical (unpaired) electrons. The summed E-state index contributed by atoms with van der Waals surface area (Å²) in [5.74, 6) is -0.473. The first-order chi connectivity index (χ1) is 19.0. The van der Waals surface area contributed by atoms with Gasteiger partial charge in [-0.1, -0.05) is 0 Å². The molecule has 40 heavy (non-hydrogen) atoms. The minimum absolute atomic E-state index is 0.00714. The molecule has 1 saturated carbocycles. The molecule has 212 valence electrons. The Morgan fingerprint density at radius 3 is 2.52 bits per heavy atom. The van der Waals surface area contributed by atoms with E-state index >= 15 is 8.78 Å². The van der Waals surface area contributed by atoms with Gasteiger partial charge in [0.2, 0.25) is 5.95 Å². The summed E-state index contributed by atoms with van der Waals surface area (Å²) in [5.41, 5.74) is 2.42. The zero-order valence-corrected chi connectivity index (χ0v) is 24.6.